The minimum atomic E-state index is -0.765. The minimum absolute atomic E-state index is 0.0921. The summed E-state index contributed by atoms with van der Waals surface area (Å²) in [7, 11) is 0. The maximum atomic E-state index is 10.4. The molecule has 0 bridgehead atoms. The summed E-state index contributed by atoms with van der Waals surface area (Å²) in [4.78, 5) is 10.4. The number of fused-ring (bicyclic) bond motifs is 1. The Kier molecular flexibility index (Phi) is 3.87. The van der Waals surface area contributed by atoms with Gasteiger partial charge in [0, 0.05) is 18.9 Å². The van der Waals surface area contributed by atoms with Crippen LogP contribution in [0, 0.1) is 0 Å². The molecule has 0 aromatic heterocycles. The van der Waals surface area contributed by atoms with Gasteiger partial charge in [-0.05, 0) is 37.0 Å². The molecule has 1 aromatic carbocycles. The van der Waals surface area contributed by atoms with Gasteiger partial charge in [0.2, 0.25) is 0 Å². The average molecular weight is 249 g/mol. The third-order valence-electron chi connectivity index (χ3n) is 3.25. The lowest BCUT2D eigenvalue weighted by Gasteiger charge is -2.12. The van der Waals surface area contributed by atoms with E-state index >= 15 is 0 Å². The molecular weight excluding hydrogens is 230 g/mol. The van der Waals surface area contributed by atoms with Gasteiger partial charge in [0.1, 0.15) is 11.9 Å². The molecule has 0 aliphatic carbocycles. The fourth-order valence-corrected chi connectivity index (χ4v) is 2.31. The second-order valence-corrected chi connectivity index (χ2v) is 4.89. The summed E-state index contributed by atoms with van der Waals surface area (Å²) in [6.07, 6.45) is 2.64. The summed E-state index contributed by atoms with van der Waals surface area (Å²) in [5.74, 6) is 0.183. The number of carbonyl (C=O) groups is 1. The van der Waals surface area contributed by atoms with E-state index in [1.807, 2.05) is 19.1 Å². The number of rotatable bonds is 5. The fraction of sp³-hybridized carbons (Fsp3) is 0.500. The zero-order valence-corrected chi connectivity index (χ0v) is 10.6. The quantitative estimate of drug-likeness (QED) is 0.839. The van der Waals surface area contributed by atoms with Gasteiger partial charge in [-0.15, -0.1) is 0 Å². The normalized spacial score (nSPS) is 19.1. The van der Waals surface area contributed by atoms with Crippen molar-refractivity contribution in [3.05, 3.63) is 29.3 Å². The lowest BCUT2D eigenvalue weighted by atomic mass is 9.98. The van der Waals surface area contributed by atoms with Gasteiger partial charge in [0.15, 0.2) is 0 Å². The van der Waals surface area contributed by atoms with Crippen molar-refractivity contribution < 1.29 is 14.6 Å². The van der Waals surface area contributed by atoms with E-state index in [-0.39, 0.29) is 18.6 Å². The monoisotopic (exact) mass is 249 g/mol. The number of hydrogen-bond donors (Lipinski definition) is 2. The van der Waals surface area contributed by atoms with Crippen LogP contribution in [0.15, 0.2) is 18.2 Å². The van der Waals surface area contributed by atoms with Crippen molar-refractivity contribution in [1.29, 1.82) is 0 Å². The third kappa shape index (κ3) is 3.01. The minimum Gasteiger partial charge on any atom is -0.490 e. The standard InChI is InChI=1S/C14H19NO3/c1-9-7-11-8-10(5-6-13(11)18-9)12(15)3-2-4-14(16)17/h5-6,8-9,12H,2-4,7,15H2,1H3,(H,16,17). The number of carboxylic acids is 1. The Morgan fingerprint density at radius 3 is 3.11 bits per heavy atom. The van der Waals surface area contributed by atoms with Crippen molar-refractivity contribution >= 4 is 5.97 Å². The van der Waals surface area contributed by atoms with Gasteiger partial charge in [0.25, 0.3) is 0 Å². The summed E-state index contributed by atoms with van der Waals surface area (Å²) in [5.41, 5.74) is 8.35. The van der Waals surface area contributed by atoms with Crippen molar-refractivity contribution in [3.8, 4) is 5.75 Å². The van der Waals surface area contributed by atoms with Gasteiger partial charge < -0.3 is 15.6 Å². The second-order valence-electron chi connectivity index (χ2n) is 4.89. The summed E-state index contributed by atoms with van der Waals surface area (Å²) >= 11 is 0. The van der Waals surface area contributed by atoms with Crippen molar-refractivity contribution in [3.63, 3.8) is 0 Å². The highest BCUT2D eigenvalue weighted by Crippen LogP contribution is 2.31. The van der Waals surface area contributed by atoms with E-state index in [0.717, 1.165) is 17.7 Å². The lowest BCUT2D eigenvalue weighted by molar-refractivity contribution is -0.137. The number of benzene rings is 1. The fourth-order valence-electron chi connectivity index (χ4n) is 2.31. The van der Waals surface area contributed by atoms with E-state index in [4.69, 9.17) is 15.6 Å². The molecule has 0 saturated carbocycles. The van der Waals surface area contributed by atoms with Gasteiger partial charge in [-0.3, -0.25) is 4.79 Å². The lowest BCUT2D eigenvalue weighted by Crippen LogP contribution is -2.11. The van der Waals surface area contributed by atoms with Crippen molar-refractivity contribution in [1.82, 2.24) is 0 Å². The van der Waals surface area contributed by atoms with E-state index in [1.165, 1.54) is 5.56 Å². The van der Waals surface area contributed by atoms with Crippen LogP contribution in [0.2, 0.25) is 0 Å². The van der Waals surface area contributed by atoms with Crippen molar-refractivity contribution in [2.24, 2.45) is 5.73 Å². The van der Waals surface area contributed by atoms with E-state index < -0.39 is 5.97 Å². The largest absolute Gasteiger partial charge is 0.490 e. The summed E-state index contributed by atoms with van der Waals surface area (Å²) in [6, 6.07) is 5.93. The molecular formula is C14H19NO3. The molecule has 2 unspecified atom stereocenters. The molecule has 2 atom stereocenters. The molecule has 1 heterocycles. The molecule has 2 rings (SSSR count). The van der Waals surface area contributed by atoms with Crippen LogP contribution in [0.4, 0.5) is 0 Å². The number of carboxylic acid groups (broad SMARTS) is 1. The number of ether oxygens (including phenoxy) is 1. The third-order valence-corrected chi connectivity index (χ3v) is 3.25. The van der Waals surface area contributed by atoms with Gasteiger partial charge in [-0.25, -0.2) is 0 Å². The first-order chi connectivity index (χ1) is 8.56. The Morgan fingerprint density at radius 2 is 2.39 bits per heavy atom. The second kappa shape index (κ2) is 5.40. The predicted octanol–water partition coefficient (Wildman–Crippen LogP) is 2.26. The molecule has 18 heavy (non-hydrogen) atoms. The molecule has 1 aliphatic rings. The maximum absolute atomic E-state index is 10.4. The van der Waals surface area contributed by atoms with Crippen molar-refractivity contribution in [2.75, 3.05) is 0 Å². The summed E-state index contributed by atoms with van der Waals surface area (Å²) < 4.78 is 5.64. The van der Waals surface area contributed by atoms with E-state index in [2.05, 4.69) is 6.07 Å². The van der Waals surface area contributed by atoms with Gasteiger partial charge in [0.05, 0.1) is 0 Å². The van der Waals surface area contributed by atoms with Crippen LogP contribution in [-0.4, -0.2) is 17.2 Å². The molecule has 0 saturated heterocycles. The molecule has 4 heteroatoms. The highest BCUT2D eigenvalue weighted by atomic mass is 16.5. The molecule has 3 N–H and O–H groups in total. The predicted molar refractivity (Wildman–Crippen MR) is 68.7 cm³/mol. The molecule has 0 fully saturated rings. The first-order valence-corrected chi connectivity index (χ1v) is 6.33. The first kappa shape index (κ1) is 12.9. The highest BCUT2D eigenvalue weighted by Gasteiger charge is 2.20. The average Bonchev–Trinajstić information content (AvgIpc) is 2.67. The zero-order valence-electron chi connectivity index (χ0n) is 10.6. The zero-order chi connectivity index (χ0) is 13.1. The molecule has 0 radical (unpaired) electrons. The van der Waals surface area contributed by atoms with Crippen LogP contribution in [0.25, 0.3) is 0 Å². The van der Waals surface area contributed by atoms with Gasteiger partial charge >= 0.3 is 5.97 Å². The van der Waals surface area contributed by atoms with Crippen LogP contribution in [0.1, 0.15) is 43.4 Å². The first-order valence-electron chi connectivity index (χ1n) is 6.33. The molecule has 98 valence electrons. The van der Waals surface area contributed by atoms with Crippen LogP contribution >= 0.6 is 0 Å². The molecule has 0 amide bonds. The van der Waals surface area contributed by atoms with Crippen LogP contribution < -0.4 is 10.5 Å². The Bertz CT molecular complexity index is 445. The number of nitrogens with two attached hydrogens (primary N) is 1. The maximum Gasteiger partial charge on any atom is 0.303 e. The Morgan fingerprint density at radius 1 is 1.61 bits per heavy atom. The Balaban J connectivity index is 1.97. The molecule has 0 spiro atoms. The van der Waals surface area contributed by atoms with Crippen molar-refractivity contribution in [2.45, 2.75) is 44.8 Å². The van der Waals surface area contributed by atoms with Gasteiger partial charge in [-0.1, -0.05) is 12.1 Å². The Labute approximate surface area is 107 Å². The summed E-state index contributed by atoms with van der Waals surface area (Å²) in [6.45, 7) is 2.05. The SMILES string of the molecule is CC1Cc2cc(C(N)CCCC(=O)O)ccc2O1. The molecule has 1 aromatic rings. The van der Waals surface area contributed by atoms with Crippen LogP contribution in [0.5, 0.6) is 5.75 Å². The number of aliphatic carboxylic acids is 1. The smallest absolute Gasteiger partial charge is 0.303 e. The van der Waals surface area contributed by atoms with E-state index in [1.54, 1.807) is 0 Å². The van der Waals surface area contributed by atoms with Crippen LogP contribution in [0.3, 0.4) is 0 Å². The number of hydrogen-bond acceptors (Lipinski definition) is 3. The highest BCUT2D eigenvalue weighted by molar-refractivity contribution is 5.66. The van der Waals surface area contributed by atoms with Crippen LogP contribution in [-0.2, 0) is 11.2 Å². The van der Waals surface area contributed by atoms with Gasteiger partial charge in [-0.2, -0.15) is 0 Å². The molecule has 1 aliphatic heterocycles. The molecule has 4 nitrogen and oxygen atoms in total. The summed E-state index contributed by atoms with van der Waals surface area (Å²) in [5, 5.41) is 8.60. The topological polar surface area (TPSA) is 72.6 Å². The van der Waals surface area contributed by atoms with E-state index in [9.17, 15) is 4.79 Å². The Hall–Kier alpha value is -1.55. The van der Waals surface area contributed by atoms with E-state index in [0.29, 0.717) is 12.8 Å².